The van der Waals surface area contributed by atoms with Crippen molar-refractivity contribution in [3.8, 4) is 0 Å². The van der Waals surface area contributed by atoms with Crippen LogP contribution >= 0.6 is 0 Å². The molecule has 1 aliphatic heterocycles. The summed E-state index contributed by atoms with van der Waals surface area (Å²) in [6.07, 6.45) is 0.893. The van der Waals surface area contributed by atoms with Crippen molar-refractivity contribution in [2.45, 2.75) is 45.3 Å². The predicted molar refractivity (Wildman–Crippen MR) is 113 cm³/mol. The molecular formula is C23H27N3O3. The molecule has 152 valence electrons. The number of carbonyl (C=O) groups excluding carboxylic acids is 2. The Hall–Kier alpha value is -3.15. The van der Waals surface area contributed by atoms with Gasteiger partial charge in [-0.1, -0.05) is 72.2 Å². The van der Waals surface area contributed by atoms with E-state index in [0.29, 0.717) is 19.4 Å². The Bertz CT molecular complexity index is 863. The van der Waals surface area contributed by atoms with Crippen LogP contribution in [-0.2, 0) is 20.8 Å². The van der Waals surface area contributed by atoms with E-state index < -0.39 is 12.1 Å². The fraction of sp³-hybridized carbons (Fsp3) is 0.348. The normalized spacial score (nSPS) is 16.5. The van der Waals surface area contributed by atoms with Gasteiger partial charge in [0.2, 0.25) is 12.0 Å². The fourth-order valence-corrected chi connectivity index (χ4v) is 3.13. The number of hydrogen-bond donors (Lipinski definition) is 2. The molecule has 0 saturated carbocycles. The zero-order chi connectivity index (χ0) is 20.6. The largest absolute Gasteiger partial charge is 0.382 e. The lowest BCUT2D eigenvalue weighted by molar-refractivity contribution is -0.135. The molecule has 1 heterocycles. The molecule has 0 fully saturated rings. The highest BCUT2D eigenvalue weighted by molar-refractivity contribution is 6.04. The van der Waals surface area contributed by atoms with Crippen LogP contribution in [0.4, 0.5) is 0 Å². The number of nitrogens with one attached hydrogen (secondary N) is 2. The van der Waals surface area contributed by atoms with Crippen LogP contribution in [0.5, 0.6) is 0 Å². The van der Waals surface area contributed by atoms with Gasteiger partial charge in [0.25, 0.3) is 5.91 Å². The average molecular weight is 393 g/mol. The zero-order valence-electron chi connectivity index (χ0n) is 16.9. The van der Waals surface area contributed by atoms with E-state index in [9.17, 15) is 9.59 Å². The van der Waals surface area contributed by atoms with Crippen molar-refractivity contribution in [1.29, 1.82) is 0 Å². The SMILES string of the molecule is CCCNC(=O)[C@@H](Cc1ccccc1)NC(=O)[C@H]1CC(c2ccc(C)cc2)=NO1. The third-order valence-electron chi connectivity index (χ3n) is 4.81. The van der Waals surface area contributed by atoms with Gasteiger partial charge in [-0.2, -0.15) is 0 Å². The molecule has 0 aliphatic carbocycles. The van der Waals surface area contributed by atoms with Crippen LogP contribution in [0, 0.1) is 6.92 Å². The third-order valence-corrected chi connectivity index (χ3v) is 4.81. The molecule has 6 nitrogen and oxygen atoms in total. The summed E-state index contributed by atoms with van der Waals surface area (Å²) in [7, 11) is 0. The Kier molecular flexibility index (Phi) is 7.00. The minimum atomic E-state index is -0.733. The summed E-state index contributed by atoms with van der Waals surface area (Å²) < 4.78 is 0. The Balaban J connectivity index is 1.63. The lowest BCUT2D eigenvalue weighted by atomic mass is 10.0. The summed E-state index contributed by atoms with van der Waals surface area (Å²) >= 11 is 0. The number of rotatable bonds is 8. The van der Waals surface area contributed by atoms with Gasteiger partial charge in [-0.15, -0.1) is 0 Å². The maximum absolute atomic E-state index is 12.8. The first-order valence-corrected chi connectivity index (χ1v) is 9.98. The molecule has 1 aliphatic rings. The van der Waals surface area contributed by atoms with Crippen molar-refractivity contribution in [2.24, 2.45) is 5.16 Å². The van der Waals surface area contributed by atoms with Crippen molar-refractivity contribution in [3.63, 3.8) is 0 Å². The minimum Gasteiger partial charge on any atom is -0.382 e. The van der Waals surface area contributed by atoms with Crippen LogP contribution < -0.4 is 10.6 Å². The Morgan fingerprint density at radius 1 is 1.14 bits per heavy atom. The molecule has 0 unspecified atom stereocenters. The monoisotopic (exact) mass is 393 g/mol. The van der Waals surface area contributed by atoms with Crippen LogP contribution in [0.1, 0.15) is 36.5 Å². The summed E-state index contributed by atoms with van der Waals surface area (Å²) in [5.41, 5.74) is 3.81. The Morgan fingerprint density at radius 3 is 2.55 bits per heavy atom. The topological polar surface area (TPSA) is 79.8 Å². The van der Waals surface area contributed by atoms with Gasteiger partial charge in [-0.25, -0.2) is 0 Å². The number of benzene rings is 2. The summed E-state index contributed by atoms with van der Waals surface area (Å²) in [4.78, 5) is 30.7. The second kappa shape index (κ2) is 9.87. The van der Waals surface area contributed by atoms with E-state index in [1.54, 1.807) is 0 Å². The van der Waals surface area contributed by atoms with Gasteiger partial charge in [0, 0.05) is 19.4 Å². The van der Waals surface area contributed by atoms with Crippen molar-refractivity contribution >= 4 is 17.5 Å². The Morgan fingerprint density at radius 2 is 1.86 bits per heavy atom. The highest BCUT2D eigenvalue weighted by Gasteiger charge is 2.32. The third kappa shape index (κ3) is 5.67. The van der Waals surface area contributed by atoms with E-state index >= 15 is 0 Å². The predicted octanol–water partition coefficient (Wildman–Crippen LogP) is 2.74. The maximum atomic E-state index is 12.8. The molecule has 0 bridgehead atoms. The quantitative estimate of drug-likeness (QED) is 0.724. The van der Waals surface area contributed by atoms with Crippen molar-refractivity contribution in [2.75, 3.05) is 6.54 Å². The van der Waals surface area contributed by atoms with Crippen LogP contribution in [0.3, 0.4) is 0 Å². The smallest absolute Gasteiger partial charge is 0.265 e. The molecule has 2 aromatic rings. The van der Waals surface area contributed by atoms with Gasteiger partial charge in [-0.3, -0.25) is 9.59 Å². The van der Waals surface area contributed by atoms with Crippen molar-refractivity contribution in [3.05, 3.63) is 71.3 Å². The highest BCUT2D eigenvalue weighted by Crippen LogP contribution is 2.18. The van der Waals surface area contributed by atoms with E-state index in [0.717, 1.165) is 28.8 Å². The van der Waals surface area contributed by atoms with E-state index in [1.807, 2.05) is 68.4 Å². The number of amides is 2. The molecule has 2 amide bonds. The van der Waals surface area contributed by atoms with Gasteiger partial charge < -0.3 is 15.5 Å². The van der Waals surface area contributed by atoms with Gasteiger partial charge in [0.15, 0.2) is 0 Å². The van der Waals surface area contributed by atoms with Gasteiger partial charge >= 0.3 is 0 Å². The molecule has 0 spiro atoms. The second-order valence-electron chi connectivity index (χ2n) is 7.24. The summed E-state index contributed by atoms with van der Waals surface area (Å²) in [6, 6.07) is 16.9. The Labute approximate surface area is 171 Å². The molecular weight excluding hydrogens is 366 g/mol. The highest BCUT2D eigenvalue weighted by atomic mass is 16.6. The number of oxime groups is 1. The van der Waals surface area contributed by atoms with E-state index in [4.69, 9.17) is 4.84 Å². The van der Waals surface area contributed by atoms with Crippen molar-refractivity contribution < 1.29 is 14.4 Å². The maximum Gasteiger partial charge on any atom is 0.265 e. The number of hydrogen-bond acceptors (Lipinski definition) is 4. The van der Waals surface area contributed by atoms with Crippen LogP contribution in [0.25, 0.3) is 0 Å². The lowest BCUT2D eigenvalue weighted by Crippen LogP contribution is -2.51. The van der Waals surface area contributed by atoms with E-state index in [1.165, 1.54) is 0 Å². The van der Waals surface area contributed by atoms with Gasteiger partial charge in [0.1, 0.15) is 6.04 Å². The molecule has 3 rings (SSSR count). The van der Waals surface area contributed by atoms with Crippen LogP contribution in [0.2, 0.25) is 0 Å². The van der Waals surface area contributed by atoms with Crippen LogP contribution in [0.15, 0.2) is 59.8 Å². The van der Waals surface area contributed by atoms with E-state index in [2.05, 4.69) is 15.8 Å². The average Bonchev–Trinajstić information content (AvgIpc) is 3.23. The van der Waals surface area contributed by atoms with Gasteiger partial charge in [0.05, 0.1) is 5.71 Å². The summed E-state index contributed by atoms with van der Waals surface area (Å²) in [5, 5.41) is 9.79. The molecule has 2 N–H and O–H groups in total. The second-order valence-corrected chi connectivity index (χ2v) is 7.24. The molecule has 0 aromatic heterocycles. The molecule has 2 aromatic carbocycles. The number of carbonyl (C=O) groups is 2. The first kappa shape index (κ1) is 20.6. The molecule has 0 radical (unpaired) electrons. The molecule has 2 atom stereocenters. The zero-order valence-corrected chi connectivity index (χ0v) is 16.9. The summed E-state index contributed by atoms with van der Waals surface area (Å²) in [5.74, 6) is -0.523. The standard InChI is InChI=1S/C23H27N3O3/c1-3-13-24-22(27)20(14-17-7-5-4-6-8-17)25-23(28)21-15-19(26-29-21)18-11-9-16(2)10-12-18/h4-12,20-21H,3,13-15H2,1-2H3,(H,24,27)(H,25,28)/t20-,21-/m1/s1. The number of nitrogens with zero attached hydrogens (tertiary/aromatic N) is 1. The van der Waals surface area contributed by atoms with Gasteiger partial charge in [-0.05, 0) is 24.5 Å². The minimum absolute atomic E-state index is 0.193. The first-order valence-electron chi connectivity index (χ1n) is 9.98. The van der Waals surface area contributed by atoms with E-state index in [-0.39, 0.29) is 11.8 Å². The molecule has 0 saturated heterocycles. The van der Waals surface area contributed by atoms with Crippen LogP contribution in [-0.4, -0.2) is 36.2 Å². The molecule has 29 heavy (non-hydrogen) atoms. The fourth-order valence-electron chi connectivity index (χ4n) is 3.13. The lowest BCUT2D eigenvalue weighted by Gasteiger charge is -2.20. The number of aryl methyl sites for hydroxylation is 1. The molecule has 6 heteroatoms. The first-order chi connectivity index (χ1) is 14.1. The summed E-state index contributed by atoms with van der Waals surface area (Å²) in [6.45, 7) is 4.57. The van der Waals surface area contributed by atoms with Crippen molar-refractivity contribution in [1.82, 2.24) is 10.6 Å².